The number of nitrogens with one attached hydrogen (secondary N) is 2. The van der Waals surface area contributed by atoms with Gasteiger partial charge in [-0.25, -0.2) is 24.0 Å². The fraction of sp³-hybridized carbons (Fsp3) is 0.375. The number of nitrogen functional groups attached to an aromatic ring is 1. The minimum Gasteiger partial charge on any atom is -0.307 e. The van der Waals surface area contributed by atoms with Gasteiger partial charge in [0.05, 0.1) is 0 Å². The van der Waals surface area contributed by atoms with Crippen molar-refractivity contribution in [2.24, 2.45) is 5.84 Å². The van der Waals surface area contributed by atoms with Gasteiger partial charge in [-0.05, 0) is 26.0 Å². The number of nitrogens with zero attached hydrogens (tertiary/aromatic N) is 1. The van der Waals surface area contributed by atoms with E-state index >= 15 is 0 Å². The summed E-state index contributed by atoms with van der Waals surface area (Å²) in [6, 6.07) is 2.80. The lowest BCUT2D eigenvalue weighted by molar-refractivity contribution is 0.570. The molecule has 0 saturated carbocycles. The van der Waals surface area contributed by atoms with Crippen LogP contribution >= 0.6 is 0 Å². The number of anilines is 1. The van der Waals surface area contributed by atoms with Crippen molar-refractivity contribution in [1.29, 1.82) is 0 Å². The van der Waals surface area contributed by atoms with Crippen LogP contribution in [-0.2, 0) is 10.0 Å². The van der Waals surface area contributed by atoms with Gasteiger partial charge in [-0.2, -0.15) is 0 Å². The van der Waals surface area contributed by atoms with E-state index in [4.69, 9.17) is 5.84 Å². The van der Waals surface area contributed by atoms with E-state index in [-0.39, 0.29) is 16.8 Å². The fourth-order valence-electron chi connectivity index (χ4n) is 1.09. The van der Waals surface area contributed by atoms with E-state index in [0.717, 1.165) is 0 Å². The average molecular weight is 230 g/mol. The second-order valence-electron chi connectivity index (χ2n) is 3.27. The molecule has 1 aromatic heterocycles. The third-order valence-corrected chi connectivity index (χ3v) is 3.28. The molecule has 0 spiro atoms. The number of sulfonamides is 1. The first-order valence-electron chi connectivity index (χ1n) is 4.41. The molecule has 0 aliphatic rings. The van der Waals surface area contributed by atoms with Gasteiger partial charge in [0.2, 0.25) is 10.0 Å². The summed E-state index contributed by atoms with van der Waals surface area (Å²) in [7, 11) is -3.56. The van der Waals surface area contributed by atoms with Crippen LogP contribution in [0.15, 0.2) is 23.2 Å². The first kappa shape index (κ1) is 11.9. The summed E-state index contributed by atoms with van der Waals surface area (Å²) < 4.78 is 26.0. The van der Waals surface area contributed by atoms with Gasteiger partial charge < -0.3 is 5.43 Å². The van der Waals surface area contributed by atoms with Gasteiger partial charge >= 0.3 is 0 Å². The van der Waals surface area contributed by atoms with E-state index in [1.165, 1.54) is 18.3 Å². The van der Waals surface area contributed by atoms with E-state index in [9.17, 15) is 8.42 Å². The van der Waals surface area contributed by atoms with Crippen molar-refractivity contribution in [2.75, 3.05) is 5.43 Å². The Morgan fingerprint density at radius 2 is 2.13 bits per heavy atom. The Morgan fingerprint density at radius 1 is 1.47 bits per heavy atom. The molecule has 1 rings (SSSR count). The Morgan fingerprint density at radius 3 is 2.67 bits per heavy atom. The van der Waals surface area contributed by atoms with Gasteiger partial charge in [0, 0.05) is 12.2 Å². The Balaban J connectivity index is 3.15. The van der Waals surface area contributed by atoms with Crippen LogP contribution in [0.4, 0.5) is 5.82 Å². The Bertz CT molecular complexity index is 430. The van der Waals surface area contributed by atoms with Crippen LogP contribution in [0.5, 0.6) is 0 Å². The highest BCUT2D eigenvalue weighted by Gasteiger charge is 2.19. The molecule has 0 atom stereocenters. The molecule has 6 nitrogen and oxygen atoms in total. The summed E-state index contributed by atoms with van der Waals surface area (Å²) in [6.45, 7) is 3.48. The van der Waals surface area contributed by atoms with Crippen LogP contribution in [0, 0.1) is 0 Å². The highest BCUT2D eigenvalue weighted by molar-refractivity contribution is 7.89. The van der Waals surface area contributed by atoms with E-state index in [2.05, 4.69) is 15.1 Å². The number of pyridine rings is 1. The second-order valence-corrected chi connectivity index (χ2v) is 4.95. The van der Waals surface area contributed by atoms with Crippen LogP contribution in [0.3, 0.4) is 0 Å². The predicted molar refractivity (Wildman–Crippen MR) is 57.5 cm³/mol. The lowest BCUT2D eigenvalue weighted by atomic mass is 10.4. The van der Waals surface area contributed by atoms with Gasteiger partial charge in [0.15, 0.2) is 5.82 Å². The minimum absolute atomic E-state index is 0.0428. The molecule has 15 heavy (non-hydrogen) atoms. The van der Waals surface area contributed by atoms with Crippen LogP contribution in [0.1, 0.15) is 13.8 Å². The Kier molecular flexibility index (Phi) is 3.61. The van der Waals surface area contributed by atoms with Crippen molar-refractivity contribution >= 4 is 15.8 Å². The van der Waals surface area contributed by atoms with Crippen LogP contribution in [0.25, 0.3) is 0 Å². The first-order valence-corrected chi connectivity index (χ1v) is 5.89. The summed E-state index contributed by atoms with van der Waals surface area (Å²) in [5.74, 6) is 5.30. The number of hydrogen-bond donors (Lipinski definition) is 3. The van der Waals surface area contributed by atoms with E-state index in [1.807, 2.05) is 0 Å². The largest absolute Gasteiger partial charge is 0.307 e. The van der Waals surface area contributed by atoms with Gasteiger partial charge in [-0.3, -0.25) is 0 Å². The molecule has 0 fully saturated rings. The van der Waals surface area contributed by atoms with Crippen LogP contribution < -0.4 is 16.0 Å². The normalized spacial score (nSPS) is 11.7. The summed E-state index contributed by atoms with van der Waals surface area (Å²) >= 11 is 0. The highest BCUT2D eigenvalue weighted by atomic mass is 32.2. The van der Waals surface area contributed by atoms with Gasteiger partial charge in [-0.15, -0.1) is 0 Å². The molecule has 0 radical (unpaired) electrons. The fourth-order valence-corrected chi connectivity index (χ4v) is 2.46. The van der Waals surface area contributed by atoms with Gasteiger partial charge in [-0.1, -0.05) is 0 Å². The summed E-state index contributed by atoms with van der Waals surface area (Å²) in [5.41, 5.74) is 2.24. The zero-order valence-corrected chi connectivity index (χ0v) is 9.38. The maximum absolute atomic E-state index is 11.8. The minimum atomic E-state index is -3.56. The smallest absolute Gasteiger partial charge is 0.244 e. The molecular weight excluding hydrogens is 216 g/mol. The molecule has 0 saturated heterocycles. The zero-order chi connectivity index (χ0) is 11.5. The molecular formula is C8H14N4O2S. The van der Waals surface area contributed by atoms with Crippen molar-refractivity contribution in [3.05, 3.63) is 18.3 Å². The molecule has 0 aliphatic carbocycles. The number of rotatable bonds is 4. The van der Waals surface area contributed by atoms with Crippen LogP contribution in [-0.4, -0.2) is 19.4 Å². The molecule has 0 aliphatic heterocycles. The number of aromatic nitrogens is 1. The number of nitrogens with two attached hydrogens (primary N) is 1. The molecule has 84 valence electrons. The van der Waals surface area contributed by atoms with E-state index in [1.54, 1.807) is 13.8 Å². The Labute approximate surface area is 88.9 Å². The monoisotopic (exact) mass is 230 g/mol. The molecule has 0 bridgehead atoms. The SMILES string of the molecule is CC(C)NS(=O)(=O)c1cccnc1NN. The quantitative estimate of drug-likeness (QED) is 0.502. The van der Waals surface area contributed by atoms with E-state index in [0.29, 0.717) is 0 Å². The highest BCUT2D eigenvalue weighted by Crippen LogP contribution is 2.16. The third-order valence-electron chi connectivity index (χ3n) is 1.59. The molecule has 0 unspecified atom stereocenters. The van der Waals surface area contributed by atoms with Gasteiger partial charge in [0.1, 0.15) is 4.90 Å². The first-order chi connectivity index (χ1) is 6.97. The van der Waals surface area contributed by atoms with Crippen molar-refractivity contribution in [3.63, 3.8) is 0 Å². The summed E-state index contributed by atoms with van der Waals surface area (Å²) in [5, 5.41) is 0. The zero-order valence-electron chi connectivity index (χ0n) is 8.56. The van der Waals surface area contributed by atoms with Crippen LogP contribution in [0.2, 0.25) is 0 Å². The molecule has 0 amide bonds. The molecule has 0 aromatic carbocycles. The maximum Gasteiger partial charge on any atom is 0.244 e. The third kappa shape index (κ3) is 2.88. The molecule has 1 heterocycles. The Hall–Kier alpha value is -1.18. The maximum atomic E-state index is 11.8. The molecule has 1 aromatic rings. The second kappa shape index (κ2) is 4.56. The van der Waals surface area contributed by atoms with Gasteiger partial charge in [0.25, 0.3) is 0 Å². The lowest BCUT2D eigenvalue weighted by Crippen LogP contribution is -2.31. The standard InChI is InChI=1S/C8H14N4O2S/c1-6(2)12-15(13,14)7-4-3-5-10-8(7)11-9/h3-6,12H,9H2,1-2H3,(H,10,11). The van der Waals surface area contributed by atoms with Crippen molar-refractivity contribution in [3.8, 4) is 0 Å². The predicted octanol–water partition coefficient (Wildman–Crippen LogP) is 0.0539. The van der Waals surface area contributed by atoms with Crippen molar-refractivity contribution in [2.45, 2.75) is 24.8 Å². The number of hydrazine groups is 1. The summed E-state index contributed by atoms with van der Waals surface area (Å²) in [6.07, 6.45) is 1.46. The average Bonchev–Trinajstić information content (AvgIpc) is 2.16. The van der Waals surface area contributed by atoms with Crippen molar-refractivity contribution in [1.82, 2.24) is 9.71 Å². The topological polar surface area (TPSA) is 97.1 Å². The molecule has 4 N–H and O–H groups in total. The van der Waals surface area contributed by atoms with E-state index < -0.39 is 10.0 Å². The summed E-state index contributed by atoms with van der Waals surface area (Å²) in [4.78, 5) is 3.86. The van der Waals surface area contributed by atoms with Crippen molar-refractivity contribution < 1.29 is 8.42 Å². The number of hydrogen-bond acceptors (Lipinski definition) is 5. The lowest BCUT2D eigenvalue weighted by Gasteiger charge is -2.11. The molecule has 7 heteroatoms.